The first-order valence-corrected chi connectivity index (χ1v) is 9.72. The average Bonchev–Trinajstić information content (AvgIpc) is 2.64. The smallest absolute Gasteiger partial charge is 0.326 e. The maximum absolute atomic E-state index is 12.3. The molecule has 9 nitrogen and oxygen atoms in total. The minimum atomic E-state index is -0.413. The van der Waals surface area contributed by atoms with Gasteiger partial charge in [-0.3, -0.25) is 10.0 Å². The summed E-state index contributed by atoms with van der Waals surface area (Å²) >= 11 is 1.56. The van der Waals surface area contributed by atoms with Crippen LogP contribution in [-0.4, -0.2) is 42.0 Å². The molecule has 0 bridgehead atoms. The molecule has 0 atom stereocenters. The van der Waals surface area contributed by atoms with E-state index in [1.807, 2.05) is 25.3 Å². The molecule has 2 heterocycles. The summed E-state index contributed by atoms with van der Waals surface area (Å²) in [5.74, 6) is 1.56. The van der Waals surface area contributed by atoms with E-state index in [-0.39, 0.29) is 5.95 Å². The number of amides is 2. The lowest BCUT2D eigenvalue weighted by Gasteiger charge is -2.16. The largest absolute Gasteiger partial charge is 0.369 e. The van der Waals surface area contributed by atoms with Crippen molar-refractivity contribution in [2.45, 2.75) is 13.3 Å². The van der Waals surface area contributed by atoms with Gasteiger partial charge in [-0.2, -0.15) is 9.87 Å². The molecule has 144 valence electrons. The normalized spacial score (nSPS) is 12.7. The highest BCUT2D eigenvalue weighted by atomic mass is 32.2. The van der Waals surface area contributed by atoms with Crippen LogP contribution in [0.2, 0.25) is 0 Å². The Kier molecular flexibility index (Phi) is 6.69. The number of fused-ring (bicyclic) bond motifs is 1. The van der Waals surface area contributed by atoms with Gasteiger partial charge >= 0.3 is 6.03 Å². The Bertz CT molecular complexity index is 804. The SMILES string of the molecule is CSNCCNc1cc(C)nc(NC(=O)Nc2ccc3c(c2)CCOO3)n1. The number of nitrogens with zero attached hydrogens (tertiary/aromatic N) is 2. The first-order chi connectivity index (χ1) is 13.1. The van der Waals surface area contributed by atoms with Crippen molar-refractivity contribution in [1.82, 2.24) is 14.7 Å². The molecule has 1 aromatic carbocycles. The second kappa shape index (κ2) is 9.40. The molecular formula is C17H22N6O3S. The Hall–Kier alpha value is -2.56. The van der Waals surface area contributed by atoms with Crippen LogP contribution < -0.4 is 25.6 Å². The molecule has 3 rings (SSSR count). The van der Waals surface area contributed by atoms with Gasteiger partial charge < -0.3 is 15.5 Å². The predicted molar refractivity (Wildman–Crippen MR) is 106 cm³/mol. The number of aromatic nitrogens is 2. The number of urea groups is 1. The number of hydrogen-bond donors (Lipinski definition) is 4. The van der Waals surface area contributed by atoms with Gasteiger partial charge in [-0.1, -0.05) is 11.9 Å². The van der Waals surface area contributed by atoms with E-state index in [0.29, 0.717) is 30.4 Å². The first kappa shape index (κ1) is 19.2. The zero-order chi connectivity index (χ0) is 19.1. The van der Waals surface area contributed by atoms with Crippen molar-refractivity contribution in [3.05, 3.63) is 35.5 Å². The Balaban J connectivity index is 1.59. The molecule has 27 heavy (non-hydrogen) atoms. The lowest BCUT2D eigenvalue weighted by molar-refractivity contribution is -0.215. The van der Waals surface area contributed by atoms with Crippen molar-refractivity contribution in [1.29, 1.82) is 0 Å². The van der Waals surface area contributed by atoms with Gasteiger partial charge in [0.1, 0.15) is 5.82 Å². The van der Waals surface area contributed by atoms with Crippen LogP contribution in [0.1, 0.15) is 11.3 Å². The molecule has 0 aliphatic carbocycles. The van der Waals surface area contributed by atoms with E-state index in [1.165, 1.54) is 0 Å². The monoisotopic (exact) mass is 390 g/mol. The van der Waals surface area contributed by atoms with Gasteiger partial charge in [-0.25, -0.2) is 9.78 Å². The van der Waals surface area contributed by atoms with Crippen molar-refractivity contribution >= 4 is 35.4 Å². The van der Waals surface area contributed by atoms with Gasteiger partial charge in [0, 0.05) is 42.5 Å². The number of rotatable bonds is 7. The molecular weight excluding hydrogens is 368 g/mol. The molecule has 0 radical (unpaired) electrons. The number of nitrogens with one attached hydrogen (secondary N) is 4. The minimum Gasteiger partial charge on any atom is -0.369 e. The maximum Gasteiger partial charge on any atom is 0.326 e. The molecule has 0 fully saturated rings. The summed E-state index contributed by atoms with van der Waals surface area (Å²) in [4.78, 5) is 30.9. The Morgan fingerprint density at radius 3 is 2.96 bits per heavy atom. The standard InChI is InChI=1S/C17H22N6O3S/c1-11-9-15(18-6-7-19-27-2)22-16(20-11)23-17(24)21-13-3-4-14-12(10-13)5-8-25-26-14/h3-4,9-10,19H,5-8H2,1-2H3,(H3,18,20,21,22,23,24). The molecule has 1 aliphatic heterocycles. The lowest BCUT2D eigenvalue weighted by atomic mass is 10.1. The fraction of sp³-hybridized carbons (Fsp3) is 0.353. The number of carbonyl (C=O) groups is 1. The third-order valence-corrected chi connectivity index (χ3v) is 4.17. The van der Waals surface area contributed by atoms with Gasteiger partial charge in [0.25, 0.3) is 0 Å². The molecule has 4 N–H and O–H groups in total. The summed E-state index contributed by atoms with van der Waals surface area (Å²) in [5.41, 5.74) is 2.40. The molecule has 0 spiro atoms. The van der Waals surface area contributed by atoms with Crippen LogP contribution >= 0.6 is 11.9 Å². The van der Waals surface area contributed by atoms with Crippen LogP contribution in [0.3, 0.4) is 0 Å². The zero-order valence-corrected chi connectivity index (χ0v) is 16.0. The maximum atomic E-state index is 12.3. The van der Waals surface area contributed by atoms with E-state index in [9.17, 15) is 4.79 Å². The minimum absolute atomic E-state index is 0.238. The van der Waals surface area contributed by atoms with Crippen LogP contribution in [0.25, 0.3) is 0 Å². The third kappa shape index (κ3) is 5.71. The van der Waals surface area contributed by atoms with Crippen molar-refractivity contribution in [3.8, 4) is 5.75 Å². The second-order valence-corrected chi connectivity index (χ2v) is 6.50. The highest BCUT2D eigenvalue weighted by Crippen LogP contribution is 2.26. The fourth-order valence-corrected chi connectivity index (χ4v) is 2.82. The quantitative estimate of drug-likeness (QED) is 0.324. The van der Waals surface area contributed by atoms with E-state index >= 15 is 0 Å². The fourth-order valence-electron chi connectivity index (χ4n) is 2.51. The van der Waals surface area contributed by atoms with Crippen molar-refractivity contribution in [2.75, 3.05) is 41.9 Å². The topological polar surface area (TPSA) is 109 Å². The molecule has 2 amide bonds. The Labute approximate surface area is 161 Å². The van der Waals surface area contributed by atoms with Crippen LogP contribution in [-0.2, 0) is 11.3 Å². The summed E-state index contributed by atoms with van der Waals surface area (Å²) in [7, 11) is 0. The first-order valence-electron chi connectivity index (χ1n) is 8.50. The summed E-state index contributed by atoms with van der Waals surface area (Å²) in [6.07, 6.45) is 2.70. The molecule has 1 aromatic heterocycles. The van der Waals surface area contributed by atoms with Crippen molar-refractivity contribution in [2.24, 2.45) is 0 Å². The van der Waals surface area contributed by atoms with Crippen LogP contribution in [0.4, 0.5) is 22.2 Å². The molecule has 0 saturated carbocycles. The number of anilines is 3. The van der Waals surface area contributed by atoms with E-state index in [4.69, 9.17) is 9.78 Å². The molecule has 1 aliphatic rings. The molecule has 10 heteroatoms. The van der Waals surface area contributed by atoms with E-state index in [1.54, 1.807) is 24.1 Å². The highest BCUT2D eigenvalue weighted by molar-refractivity contribution is 7.96. The van der Waals surface area contributed by atoms with E-state index < -0.39 is 6.03 Å². The predicted octanol–water partition coefficient (Wildman–Crippen LogP) is 2.58. The van der Waals surface area contributed by atoms with Gasteiger partial charge in [0.15, 0.2) is 5.75 Å². The zero-order valence-electron chi connectivity index (χ0n) is 15.2. The Morgan fingerprint density at radius 1 is 1.22 bits per heavy atom. The lowest BCUT2D eigenvalue weighted by Crippen LogP contribution is -2.22. The second-order valence-electron chi connectivity index (χ2n) is 5.80. The van der Waals surface area contributed by atoms with Gasteiger partial charge in [-0.05, 0) is 31.4 Å². The van der Waals surface area contributed by atoms with Crippen LogP contribution in [0, 0.1) is 6.92 Å². The molecule has 2 aromatic rings. The average molecular weight is 390 g/mol. The van der Waals surface area contributed by atoms with Crippen LogP contribution in [0.5, 0.6) is 5.75 Å². The summed E-state index contributed by atoms with van der Waals surface area (Å²) in [5, 5.41) is 8.64. The number of benzene rings is 1. The van der Waals surface area contributed by atoms with E-state index in [0.717, 1.165) is 24.2 Å². The summed E-state index contributed by atoms with van der Waals surface area (Å²) in [6, 6.07) is 6.78. The van der Waals surface area contributed by atoms with Crippen molar-refractivity contribution < 1.29 is 14.6 Å². The summed E-state index contributed by atoms with van der Waals surface area (Å²) in [6.45, 7) is 3.84. The molecule has 0 unspecified atom stereocenters. The summed E-state index contributed by atoms with van der Waals surface area (Å²) < 4.78 is 3.14. The van der Waals surface area contributed by atoms with Gasteiger partial charge in [0.2, 0.25) is 5.95 Å². The van der Waals surface area contributed by atoms with Crippen LogP contribution in [0.15, 0.2) is 24.3 Å². The number of aryl methyl sites for hydroxylation is 1. The Morgan fingerprint density at radius 2 is 2.11 bits per heavy atom. The van der Waals surface area contributed by atoms with Gasteiger partial charge in [-0.15, -0.1) is 0 Å². The number of hydrogen-bond acceptors (Lipinski definition) is 8. The third-order valence-electron chi connectivity index (χ3n) is 3.68. The highest BCUT2D eigenvalue weighted by Gasteiger charge is 2.13. The van der Waals surface area contributed by atoms with Crippen molar-refractivity contribution in [3.63, 3.8) is 0 Å². The molecule has 0 saturated heterocycles. The van der Waals surface area contributed by atoms with E-state index in [2.05, 4.69) is 30.6 Å². The number of carbonyl (C=O) groups excluding carboxylic acids is 1. The van der Waals surface area contributed by atoms with Gasteiger partial charge in [0.05, 0.1) is 6.61 Å².